The summed E-state index contributed by atoms with van der Waals surface area (Å²) in [7, 11) is 3.44. The Morgan fingerprint density at radius 2 is 1.94 bits per heavy atom. The van der Waals surface area contributed by atoms with Crippen LogP contribution in [0.15, 0.2) is 0 Å². The fraction of sp³-hybridized carbons (Fsp3) is 0.727. The van der Waals surface area contributed by atoms with Crippen LogP contribution < -0.4 is 10.6 Å². The van der Waals surface area contributed by atoms with Gasteiger partial charge in [-0.2, -0.15) is 0 Å². The van der Waals surface area contributed by atoms with Gasteiger partial charge in [-0.3, -0.25) is 0 Å². The molecule has 0 aliphatic carbocycles. The predicted molar refractivity (Wildman–Crippen MR) is 68.5 cm³/mol. The molecule has 1 aliphatic rings. The predicted octanol–water partition coefficient (Wildman–Crippen LogP) is 0.760. The maximum atomic E-state index is 5.67. The standard InChI is InChI=1S/C11H19N3O2S/c1-7-10(4-12)17-11(13-7)14-5-8(15-2)9(6-14)16-3/h8-9H,4-6,12H2,1-3H3. The summed E-state index contributed by atoms with van der Waals surface area (Å²) >= 11 is 1.66. The summed E-state index contributed by atoms with van der Waals surface area (Å²) in [5, 5.41) is 1.02. The van der Waals surface area contributed by atoms with E-state index in [9.17, 15) is 0 Å². The molecule has 2 unspecified atom stereocenters. The third kappa shape index (κ3) is 2.44. The summed E-state index contributed by atoms with van der Waals surface area (Å²) in [5.74, 6) is 0. The Morgan fingerprint density at radius 1 is 1.35 bits per heavy atom. The number of methoxy groups -OCH3 is 2. The topological polar surface area (TPSA) is 60.6 Å². The highest BCUT2D eigenvalue weighted by molar-refractivity contribution is 7.15. The second-order valence-electron chi connectivity index (χ2n) is 4.16. The minimum Gasteiger partial charge on any atom is -0.377 e. The highest BCUT2D eigenvalue weighted by Gasteiger charge is 2.34. The lowest BCUT2D eigenvalue weighted by molar-refractivity contribution is -0.00461. The van der Waals surface area contributed by atoms with Crippen molar-refractivity contribution in [2.24, 2.45) is 5.73 Å². The molecule has 1 saturated heterocycles. The fourth-order valence-electron chi connectivity index (χ4n) is 2.09. The van der Waals surface area contributed by atoms with E-state index in [0.29, 0.717) is 6.54 Å². The molecular formula is C11H19N3O2S. The van der Waals surface area contributed by atoms with Crippen LogP contribution in [0.4, 0.5) is 5.13 Å². The lowest BCUT2D eigenvalue weighted by Gasteiger charge is -2.13. The quantitative estimate of drug-likeness (QED) is 0.863. The van der Waals surface area contributed by atoms with E-state index < -0.39 is 0 Å². The van der Waals surface area contributed by atoms with E-state index in [1.165, 1.54) is 0 Å². The molecule has 1 fully saturated rings. The second kappa shape index (κ2) is 5.30. The van der Waals surface area contributed by atoms with Crippen LogP contribution in [0.3, 0.4) is 0 Å². The Labute approximate surface area is 106 Å². The second-order valence-corrected chi connectivity index (χ2v) is 5.22. The first-order valence-corrected chi connectivity index (χ1v) is 6.48. The van der Waals surface area contributed by atoms with Gasteiger partial charge in [0.25, 0.3) is 0 Å². The van der Waals surface area contributed by atoms with Crippen molar-refractivity contribution in [3.05, 3.63) is 10.6 Å². The molecular weight excluding hydrogens is 238 g/mol. The van der Waals surface area contributed by atoms with E-state index >= 15 is 0 Å². The number of rotatable bonds is 4. The van der Waals surface area contributed by atoms with Crippen LogP contribution >= 0.6 is 11.3 Å². The highest BCUT2D eigenvalue weighted by Crippen LogP contribution is 2.29. The third-order valence-electron chi connectivity index (χ3n) is 3.16. The zero-order valence-corrected chi connectivity index (χ0v) is 11.3. The van der Waals surface area contributed by atoms with Gasteiger partial charge in [0.2, 0.25) is 0 Å². The highest BCUT2D eigenvalue weighted by atomic mass is 32.1. The Balaban J connectivity index is 2.13. The van der Waals surface area contributed by atoms with Crippen molar-refractivity contribution in [3.63, 3.8) is 0 Å². The molecule has 0 radical (unpaired) electrons. The number of anilines is 1. The zero-order valence-electron chi connectivity index (χ0n) is 10.5. The van der Waals surface area contributed by atoms with Crippen LogP contribution in [0.25, 0.3) is 0 Å². The molecule has 1 aliphatic heterocycles. The lowest BCUT2D eigenvalue weighted by Crippen LogP contribution is -2.27. The molecule has 17 heavy (non-hydrogen) atoms. The Kier molecular flexibility index (Phi) is 3.98. The van der Waals surface area contributed by atoms with E-state index in [2.05, 4.69) is 9.88 Å². The van der Waals surface area contributed by atoms with Crippen LogP contribution in [0.5, 0.6) is 0 Å². The number of hydrogen-bond acceptors (Lipinski definition) is 6. The van der Waals surface area contributed by atoms with Gasteiger partial charge in [-0.1, -0.05) is 0 Å². The van der Waals surface area contributed by atoms with Crippen molar-refractivity contribution in [2.75, 3.05) is 32.2 Å². The molecule has 96 valence electrons. The minimum absolute atomic E-state index is 0.116. The number of thiazole rings is 1. The first-order valence-electron chi connectivity index (χ1n) is 5.66. The third-order valence-corrected chi connectivity index (χ3v) is 4.40. The number of nitrogens with two attached hydrogens (primary N) is 1. The van der Waals surface area contributed by atoms with Gasteiger partial charge < -0.3 is 20.1 Å². The smallest absolute Gasteiger partial charge is 0.185 e. The van der Waals surface area contributed by atoms with Gasteiger partial charge in [-0.05, 0) is 6.92 Å². The van der Waals surface area contributed by atoms with Gasteiger partial charge in [-0.25, -0.2) is 4.98 Å². The van der Waals surface area contributed by atoms with E-state index in [4.69, 9.17) is 15.2 Å². The van der Waals surface area contributed by atoms with Crippen LogP contribution in [0.2, 0.25) is 0 Å². The summed E-state index contributed by atoms with van der Waals surface area (Å²) in [5.41, 5.74) is 6.70. The first kappa shape index (κ1) is 12.8. The van der Waals surface area contributed by atoms with Crippen molar-refractivity contribution in [1.82, 2.24) is 4.98 Å². The van der Waals surface area contributed by atoms with Crippen molar-refractivity contribution in [2.45, 2.75) is 25.7 Å². The Hall–Kier alpha value is -0.690. The molecule has 0 spiro atoms. The zero-order chi connectivity index (χ0) is 12.4. The Morgan fingerprint density at radius 3 is 2.35 bits per heavy atom. The van der Waals surface area contributed by atoms with Gasteiger partial charge in [0.05, 0.1) is 5.69 Å². The van der Waals surface area contributed by atoms with Crippen molar-refractivity contribution < 1.29 is 9.47 Å². The average Bonchev–Trinajstić information content (AvgIpc) is 2.91. The van der Waals surface area contributed by atoms with Crippen LogP contribution in [-0.4, -0.2) is 44.5 Å². The number of nitrogens with zero attached hydrogens (tertiary/aromatic N) is 2. The van der Waals surface area contributed by atoms with Crippen LogP contribution in [0.1, 0.15) is 10.6 Å². The lowest BCUT2D eigenvalue weighted by atomic mass is 10.3. The van der Waals surface area contributed by atoms with Crippen molar-refractivity contribution in [3.8, 4) is 0 Å². The van der Waals surface area contributed by atoms with Gasteiger partial charge in [0.1, 0.15) is 12.2 Å². The summed E-state index contributed by atoms with van der Waals surface area (Å²) in [6, 6.07) is 0. The summed E-state index contributed by atoms with van der Waals surface area (Å²) < 4.78 is 10.8. The van der Waals surface area contributed by atoms with Crippen molar-refractivity contribution >= 4 is 16.5 Å². The molecule has 2 heterocycles. The maximum Gasteiger partial charge on any atom is 0.185 e. The first-order chi connectivity index (χ1) is 8.19. The molecule has 0 bridgehead atoms. The maximum absolute atomic E-state index is 5.67. The molecule has 2 N–H and O–H groups in total. The molecule has 0 amide bonds. The normalized spacial score (nSPS) is 24.6. The summed E-state index contributed by atoms with van der Waals surface area (Å²) in [6.45, 7) is 4.20. The number of hydrogen-bond donors (Lipinski definition) is 1. The van der Waals surface area contributed by atoms with E-state index in [1.54, 1.807) is 25.6 Å². The molecule has 0 saturated carbocycles. The molecule has 6 heteroatoms. The van der Waals surface area contributed by atoms with E-state index in [0.717, 1.165) is 28.8 Å². The molecule has 5 nitrogen and oxygen atoms in total. The van der Waals surface area contributed by atoms with Gasteiger partial charge in [-0.15, -0.1) is 11.3 Å². The average molecular weight is 257 g/mol. The molecule has 2 rings (SSSR count). The van der Waals surface area contributed by atoms with Gasteiger partial charge in [0.15, 0.2) is 5.13 Å². The molecule has 1 aromatic heterocycles. The van der Waals surface area contributed by atoms with Crippen LogP contribution in [-0.2, 0) is 16.0 Å². The SMILES string of the molecule is COC1CN(c2nc(C)c(CN)s2)CC1OC. The van der Waals surface area contributed by atoms with E-state index in [-0.39, 0.29) is 12.2 Å². The largest absolute Gasteiger partial charge is 0.377 e. The minimum atomic E-state index is 0.116. The fourth-order valence-corrected chi connectivity index (χ4v) is 3.05. The monoisotopic (exact) mass is 257 g/mol. The Bertz CT molecular complexity index is 371. The molecule has 2 atom stereocenters. The van der Waals surface area contributed by atoms with Gasteiger partial charge >= 0.3 is 0 Å². The van der Waals surface area contributed by atoms with E-state index in [1.807, 2.05) is 6.92 Å². The number of ether oxygens (including phenoxy) is 2. The van der Waals surface area contributed by atoms with Gasteiger partial charge in [0, 0.05) is 38.7 Å². The molecule has 1 aromatic rings. The van der Waals surface area contributed by atoms with Crippen LogP contribution in [0, 0.1) is 6.92 Å². The number of aryl methyl sites for hydroxylation is 1. The molecule has 0 aromatic carbocycles. The summed E-state index contributed by atoms with van der Waals surface area (Å²) in [6.07, 6.45) is 0.232. The number of aromatic nitrogens is 1. The summed E-state index contributed by atoms with van der Waals surface area (Å²) in [4.78, 5) is 7.91. The van der Waals surface area contributed by atoms with Crippen molar-refractivity contribution in [1.29, 1.82) is 0 Å².